The minimum Gasteiger partial charge on any atom is -0.376 e. The molecule has 1 unspecified atom stereocenters. The number of rotatable bonds is 5. The fourth-order valence-corrected chi connectivity index (χ4v) is 2.33. The van der Waals surface area contributed by atoms with E-state index < -0.39 is 11.7 Å². The third-order valence-electron chi connectivity index (χ3n) is 3.57. The highest BCUT2D eigenvalue weighted by Crippen LogP contribution is 2.29. The number of halogens is 3. The van der Waals surface area contributed by atoms with Crippen molar-refractivity contribution in [3.05, 3.63) is 35.4 Å². The smallest absolute Gasteiger partial charge is 0.376 e. The van der Waals surface area contributed by atoms with Crippen LogP contribution in [0.25, 0.3) is 0 Å². The van der Waals surface area contributed by atoms with Crippen LogP contribution in [-0.2, 0) is 17.5 Å². The summed E-state index contributed by atoms with van der Waals surface area (Å²) in [4.78, 5) is 4.39. The van der Waals surface area contributed by atoms with Gasteiger partial charge < -0.3 is 15.4 Å². The summed E-state index contributed by atoms with van der Waals surface area (Å²) < 4.78 is 43.1. The summed E-state index contributed by atoms with van der Waals surface area (Å²) in [7, 11) is 0. The van der Waals surface area contributed by atoms with Crippen LogP contribution in [0.2, 0.25) is 0 Å². The summed E-state index contributed by atoms with van der Waals surface area (Å²) >= 11 is 0. The average molecular weight is 329 g/mol. The number of ether oxygens (including phenoxy) is 1. The maximum absolute atomic E-state index is 12.5. The van der Waals surface area contributed by atoms with E-state index >= 15 is 0 Å². The molecule has 1 atom stereocenters. The van der Waals surface area contributed by atoms with Crippen molar-refractivity contribution in [2.24, 2.45) is 4.99 Å². The van der Waals surface area contributed by atoms with E-state index in [4.69, 9.17) is 4.74 Å². The Morgan fingerprint density at radius 3 is 2.57 bits per heavy atom. The highest BCUT2D eigenvalue weighted by molar-refractivity contribution is 5.79. The van der Waals surface area contributed by atoms with Gasteiger partial charge in [-0.05, 0) is 37.5 Å². The standard InChI is InChI=1S/C16H22F3N3O/c1-2-20-15(22-11-14-4-3-9-23-14)21-10-12-5-7-13(8-6-12)16(17,18)19/h5-8,14H,2-4,9-11H2,1H3,(H2,20,21,22). The molecule has 1 heterocycles. The fourth-order valence-electron chi connectivity index (χ4n) is 2.33. The van der Waals surface area contributed by atoms with Crippen molar-refractivity contribution in [3.8, 4) is 0 Å². The topological polar surface area (TPSA) is 45.7 Å². The Morgan fingerprint density at radius 1 is 1.26 bits per heavy atom. The lowest BCUT2D eigenvalue weighted by atomic mass is 10.1. The molecule has 1 fully saturated rings. The van der Waals surface area contributed by atoms with Gasteiger partial charge in [-0.2, -0.15) is 13.2 Å². The molecule has 1 aliphatic rings. The molecule has 0 saturated carbocycles. The van der Waals surface area contributed by atoms with Gasteiger partial charge in [0.25, 0.3) is 0 Å². The van der Waals surface area contributed by atoms with E-state index in [1.54, 1.807) is 0 Å². The summed E-state index contributed by atoms with van der Waals surface area (Å²) in [5.74, 6) is 0.642. The van der Waals surface area contributed by atoms with Crippen LogP contribution < -0.4 is 10.6 Å². The van der Waals surface area contributed by atoms with Gasteiger partial charge in [-0.1, -0.05) is 12.1 Å². The largest absolute Gasteiger partial charge is 0.416 e. The highest BCUT2D eigenvalue weighted by Gasteiger charge is 2.29. The second kappa shape index (κ2) is 8.19. The molecule has 2 N–H and O–H groups in total. The molecule has 0 bridgehead atoms. The second-order valence-corrected chi connectivity index (χ2v) is 5.41. The number of aliphatic imine (C=N–C) groups is 1. The van der Waals surface area contributed by atoms with Crippen LogP contribution in [0.4, 0.5) is 13.2 Å². The molecule has 0 aromatic heterocycles. The number of benzene rings is 1. The number of hydrogen-bond donors (Lipinski definition) is 2. The first-order valence-corrected chi connectivity index (χ1v) is 7.79. The van der Waals surface area contributed by atoms with Crippen LogP contribution in [-0.4, -0.2) is 31.8 Å². The van der Waals surface area contributed by atoms with E-state index in [0.29, 0.717) is 25.6 Å². The SMILES string of the molecule is CCNC(=NCc1ccc(C(F)(F)F)cc1)NCC1CCCO1. The van der Waals surface area contributed by atoms with E-state index in [-0.39, 0.29) is 6.10 Å². The average Bonchev–Trinajstić information content (AvgIpc) is 3.03. The van der Waals surface area contributed by atoms with Gasteiger partial charge in [0.05, 0.1) is 18.2 Å². The minimum absolute atomic E-state index is 0.199. The van der Waals surface area contributed by atoms with Crippen molar-refractivity contribution < 1.29 is 17.9 Å². The van der Waals surface area contributed by atoms with Crippen LogP contribution in [0.1, 0.15) is 30.9 Å². The Hall–Kier alpha value is -1.76. The normalized spacial score (nSPS) is 19.0. The number of nitrogens with zero attached hydrogens (tertiary/aromatic N) is 1. The molecule has 1 aromatic rings. The molecule has 128 valence electrons. The first-order chi connectivity index (χ1) is 11.0. The molecule has 1 aromatic carbocycles. The van der Waals surface area contributed by atoms with E-state index in [0.717, 1.165) is 37.1 Å². The molecular weight excluding hydrogens is 307 g/mol. The van der Waals surface area contributed by atoms with Gasteiger partial charge in [-0.15, -0.1) is 0 Å². The summed E-state index contributed by atoms with van der Waals surface area (Å²) in [6.45, 7) is 4.47. The summed E-state index contributed by atoms with van der Waals surface area (Å²) in [6, 6.07) is 5.07. The van der Waals surface area contributed by atoms with Gasteiger partial charge in [-0.3, -0.25) is 0 Å². The van der Waals surface area contributed by atoms with Crippen LogP contribution in [0, 0.1) is 0 Å². The van der Waals surface area contributed by atoms with Gasteiger partial charge in [0.1, 0.15) is 0 Å². The molecule has 7 heteroatoms. The van der Waals surface area contributed by atoms with Crippen molar-refractivity contribution in [2.45, 2.75) is 38.6 Å². The Morgan fingerprint density at radius 2 is 2.00 bits per heavy atom. The van der Waals surface area contributed by atoms with Crippen LogP contribution >= 0.6 is 0 Å². The maximum atomic E-state index is 12.5. The van der Waals surface area contributed by atoms with Crippen LogP contribution in [0.5, 0.6) is 0 Å². The molecule has 0 amide bonds. The number of nitrogens with one attached hydrogen (secondary N) is 2. The van der Waals surface area contributed by atoms with Crippen molar-refractivity contribution in [1.82, 2.24) is 10.6 Å². The summed E-state index contributed by atoms with van der Waals surface area (Å²) in [5.41, 5.74) is 0.0842. The zero-order valence-corrected chi connectivity index (χ0v) is 13.1. The lowest BCUT2D eigenvalue weighted by Crippen LogP contribution is -2.41. The first-order valence-electron chi connectivity index (χ1n) is 7.79. The predicted molar refractivity (Wildman–Crippen MR) is 83.2 cm³/mol. The van der Waals surface area contributed by atoms with E-state index in [9.17, 15) is 13.2 Å². The van der Waals surface area contributed by atoms with Crippen molar-refractivity contribution >= 4 is 5.96 Å². The maximum Gasteiger partial charge on any atom is 0.416 e. The predicted octanol–water partition coefficient (Wildman–Crippen LogP) is 2.94. The molecule has 0 spiro atoms. The minimum atomic E-state index is -4.31. The molecule has 0 aliphatic carbocycles. The lowest BCUT2D eigenvalue weighted by molar-refractivity contribution is -0.137. The Labute approximate surface area is 134 Å². The Balaban J connectivity index is 1.90. The van der Waals surface area contributed by atoms with Gasteiger partial charge >= 0.3 is 6.18 Å². The fraction of sp³-hybridized carbons (Fsp3) is 0.562. The van der Waals surface area contributed by atoms with E-state index in [1.165, 1.54) is 12.1 Å². The van der Waals surface area contributed by atoms with E-state index in [2.05, 4.69) is 15.6 Å². The summed E-state index contributed by atoms with van der Waals surface area (Å²) in [5, 5.41) is 6.32. The molecular formula is C16H22F3N3O. The van der Waals surface area contributed by atoms with Crippen LogP contribution in [0.3, 0.4) is 0 Å². The highest BCUT2D eigenvalue weighted by atomic mass is 19.4. The van der Waals surface area contributed by atoms with Crippen molar-refractivity contribution in [2.75, 3.05) is 19.7 Å². The zero-order valence-electron chi connectivity index (χ0n) is 13.1. The molecule has 23 heavy (non-hydrogen) atoms. The van der Waals surface area contributed by atoms with Gasteiger partial charge in [0.2, 0.25) is 0 Å². The Bertz CT molecular complexity index is 508. The Kier molecular flexibility index (Phi) is 6.27. The monoisotopic (exact) mass is 329 g/mol. The molecule has 0 radical (unpaired) electrons. The second-order valence-electron chi connectivity index (χ2n) is 5.41. The molecule has 1 aliphatic heterocycles. The van der Waals surface area contributed by atoms with Crippen molar-refractivity contribution in [1.29, 1.82) is 0 Å². The van der Waals surface area contributed by atoms with Gasteiger partial charge in [0.15, 0.2) is 5.96 Å². The molecule has 2 rings (SSSR count). The van der Waals surface area contributed by atoms with Gasteiger partial charge in [-0.25, -0.2) is 4.99 Å². The third-order valence-corrected chi connectivity index (χ3v) is 3.57. The lowest BCUT2D eigenvalue weighted by Gasteiger charge is -2.14. The summed E-state index contributed by atoms with van der Waals surface area (Å²) in [6.07, 6.45) is -2.00. The molecule has 4 nitrogen and oxygen atoms in total. The number of hydrogen-bond acceptors (Lipinski definition) is 2. The number of alkyl halides is 3. The zero-order chi connectivity index (χ0) is 16.7. The quantitative estimate of drug-likeness (QED) is 0.645. The van der Waals surface area contributed by atoms with Crippen molar-refractivity contribution in [3.63, 3.8) is 0 Å². The third kappa shape index (κ3) is 5.74. The van der Waals surface area contributed by atoms with Crippen LogP contribution in [0.15, 0.2) is 29.3 Å². The van der Waals surface area contributed by atoms with E-state index in [1.807, 2.05) is 6.92 Å². The van der Waals surface area contributed by atoms with Gasteiger partial charge in [0, 0.05) is 19.7 Å². The molecule has 1 saturated heterocycles. The first kappa shape index (κ1) is 17.6. The number of guanidine groups is 1.